The number of halogens is 1. The second-order valence-corrected chi connectivity index (χ2v) is 8.17. The Balaban J connectivity index is 1.57. The van der Waals surface area contributed by atoms with Crippen molar-refractivity contribution in [3.05, 3.63) is 117 Å². The minimum atomic E-state index is -0.506. The van der Waals surface area contributed by atoms with Gasteiger partial charge in [0.1, 0.15) is 36.7 Å². The van der Waals surface area contributed by atoms with Gasteiger partial charge in [0.25, 0.3) is 10.8 Å². The zero-order valence-corrected chi connectivity index (χ0v) is 20.1. The van der Waals surface area contributed by atoms with Crippen LogP contribution in [0.3, 0.4) is 0 Å². The Morgan fingerprint density at radius 2 is 1.62 bits per heavy atom. The summed E-state index contributed by atoms with van der Waals surface area (Å²) >= 11 is 6.23. The number of pyridine rings is 1. The van der Waals surface area contributed by atoms with E-state index in [2.05, 4.69) is 16.4 Å². The predicted octanol–water partition coefficient (Wildman–Crippen LogP) is 5.82. The molecule has 10 heteroatoms. The van der Waals surface area contributed by atoms with Crippen LogP contribution >= 0.6 is 11.6 Å². The maximum absolute atomic E-state index is 13.0. The summed E-state index contributed by atoms with van der Waals surface area (Å²) in [6.07, 6.45) is 1.12. The van der Waals surface area contributed by atoms with E-state index in [9.17, 15) is 15.0 Å². The second-order valence-electron chi connectivity index (χ2n) is 7.76. The molecule has 4 rings (SSSR count). The van der Waals surface area contributed by atoms with Gasteiger partial charge in [0.05, 0.1) is 16.5 Å². The van der Waals surface area contributed by atoms with Gasteiger partial charge in [-0.25, -0.2) is 10.2 Å². The minimum absolute atomic E-state index is 0.0821. The molecule has 0 bridgehead atoms. The molecule has 3 aromatic carbocycles. The third-order valence-electron chi connectivity index (χ3n) is 5.24. The molecule has 1 aromatic heterocycles. The van der Waals surface area contributed by atoms with Crippen LogP contribution in [0, 0.1) is 16.2 Å². The number of nitriles is 1. The highest BCUT2D eigenvalue weighted by Gasteiger charge is 2.15. The summed E-state index contributed by atoms with van der Waals surface area (Å²) in [7, 11) is 0. The predicted molar refractivity (Wildman–Crippen MR) is 135 cm³/mol. The van der Waals surface area contributed by atoms with Crippen molar-refractivity contribution in [2.45, 2.75) is 13.2 Å². The highest BCUT2D eigenvalue weighted by Crippen LogP contribution is 2.27. The third-order valence-corrected chi connectivity index (χ3v) is 5.61. The summed E-state index contributed by atoms with van der Waals surface area (Å²) in [5, 5.41) is 21.5. The Morgan fingerprint density at radius 3 is 2.24 bits per heavy atom. The summed E-state index contributed by atoms with van der Waals surface area (Å²) in [4.78, 5) is 27.6. The molecule has 2 N–H and O–H groups in total. The van der Waals surface area contributed by atoms with Crippen LogP contribution < -0.4 is 14.8 Å². The van der Waals surface area contributed by atoms with Crippen LogP contribution in [-0.4, -0.2) is 21.0 Å². The van der Waals surface area contributed by atoms with E-state index in [-0.39, 0.29) is 35.2 Å². The van der Waals surface area contributed by atoms with Gasteiger partial charge in [-0.15, -0.1) is 0 Å². The number of anilines is 1. The smallest absolute Gasteiger partial charge is 0.334 e. The Kier molecular flexibility index (Phi) is 7.93. The highest BCUT2D eigenvalue weighted by atomic mass is 35.5. The first-order chi connectivity index (χ1) is 17.9. The molecule has 9 nitrogen and oxygen atoms in total. The van der Waals surface area contributed by atoms with Gasteiger partial charge in [0.2, 0.25) is 0 Å². The molecule has 0 atom stereocenters. The number of ether oxygens (including phenoxy) is 2. The SMILES string of the molecule is N#Cc1ccccc1COc1cc(OCc2ccccc2Cl)cc(C(=O)Nc2ccc([N+](=O)O)cn2)c1. The van der Waals surface area contributed by atoms with Gasteiger partial charge in [-0.3, -0.25) is 4.79 Å². The van der Waals surface area contributed by atoms with E-state index in [0.29, 0.717) is 27.6 Å². The second kappa shape index (κ2) is 11.7. The van der Waals surface area contributed by atoms with E-state index in [1.165, 1.54) is 18.2 Å². The Morgan fingerprint density at radius 1 is 0.973 bits per heavy atom. The number of nitrogens with zero attached hydrogens (tertiary/aromatic N) is 3. The van der Waals surface area contributed by atoms with E-state index in [1.54, 1.807) is 36.4 Å². The normalized spacial score (nSPS) is 10.3. The van der Waals surface area contributed by atoms with Gasteiger partial charge in [-0.05, 0) is 30.3 Å². The first-order valence-electron chi connectivity index (χ1n) is 11.0. The van der Waals surface area contributed by atoms with Gasteiger partial charge in [-0.2, -0.15) is 5.26 Å². The van der Waals surface area contributed by atoms with Gasteiger partial charge >= 0.3 is 5.69 Å². The molecule has 4 aromatic rings. The zero-order chi connectivity index (χ0) is 26.2. The number of amides is 1. The maximum atomic E-state index is 13.0. The van der Waals surface area contributed by atoms with Gasteiger partial charge in [-0.1, -0.05) is 48.0 Å². The fourth-order valence-corrected chi connectivity index (χ4v) is 3.51. The number of nitrogens with one attached hydrogen (secondary N) is 1. The first kappa shape index (κ1) is 25.2. The molecule has 1 heterocycles. The molecular weight excluding hydrogens is 496 g/mol. The molecule has 37 heavy (non-hydrogen) atoms. The number of hydrogen-bond donors (Lipinski definition) is 2. The van der Waals surface area contributed by atoms with E-state index < -0.39 is 5.91 Å². The summed E-state index contributed by atoms with van der Waals surface area (Å²) in [6.45, 7) is 0.270. The van der Waals surface area contributed by atoms with Crippen LogP contribution in [0.25, 0.3) is 0 Å². The average Bonchev–Trinajstić information content (AvgIpc) is 2.91. The van der Waals surface area contributed by atoms with E-state index in [1.807, 2.05) is 24.3 Å². The Bertz CT molecular complexity index is 1490. The van der Waals surface area contributed by atoms with Crippen molar-refractivity contribution >= 4 is 29.0 Å². The molecule has 0 aliphatic carbocycles. The molecular formula is C27H20ClN4O5+. The third kappa shape index (κ3) is 6.60. The van der Waals surface area contributed by atoms with Crippen molar-refractivity contribution in [2.24, 2.45) is 0 Å². The van der Waals surface area contributed by atoms with E-state index >= 15 is 0 Å². The summed E-state index contributed by atoms with van der Waals surface area (Å²) in [6, 6.07) is 23.8. The molecule has 0 spiro atoms. The van der Waals surface area contributed by atoms with Gasteiger partial charge < -0.3 is 14.8 Å². The number of benzene rings is 3. The van der Waals surface area contributed by atoms with Gasteiger partial charge in [0, 0.05) is 33.8 Å². The van der Waals surface area contributed by atoms with Crippen molar-refractivity contribution in [3.63, 3.8) is 0 Å². The van der Waals surface area contributed by atoms with Crippen LogP contribution in [-0.2, 0) is 13.2 Å². The van der Waals surface area contributed by atoms with Crippen LogP contribution in [0.4, 0.5) is 11.5 Å². The van der Waals surface area contributed by atoms with Crippen molar-refractivity contribution in [1.82, 2.24) is 4.98 Å². The quantitative estimate of drug-likeness (QED) is 0.269. The molecule has 0 aliphatic heterocycles. The average molecular weight is 516 g/mol. The van der Waals surface area contributed by atoms with Crippen LogP contribution in [0.5, 0.6) is 11.5 Å². The lowest BCUT2D eigenvalue weighted by Crippen LogP contribution is -2.13. The summed E-state index contributed by atoms with van der Waals surface area (Å²) < 4.78 is 11.8. The molecule has 0 fully saturated rings. The number of carbonyl (C=O) groups excluding carboxylic acids is 1. The number of aromatic nitrogens is 1. The Hall–Kier alpha value is -4.94. The number of carbonyl (C=O) groups is 1. The van der Waals surface area contributed by atoms with Crippen LogP contribution in [0.2, 0.25) is 5.02 Å². The lowest BCUT2D eigenvalue weighted by molar-refractivity contribution is -0.729. The van der Waals surface area contributed by atoms with Crippen molar-refractivity contribution in [2.75, 3.05) is 5.32 Å². The largest absolute Gasteiger partial charge is 0.489 e. The van der Waals surface area contributed by atoms with Crippen molar-refractivity contribution in [1.29, 1.82) is 5.26 Å². The van der Waals surface area contributed by atoms with E-state index in [0.717, 1.165) is 11.8 Å². The Labute approximate surface area is 217 Å². The standard InChI is InChI=1S/C27H19ClN4O5/c28-25-8-4-3-7-20(25)17-37-24-12-21(27(33)31-26-10-9-22(15-30-26)32(34)35)11-23(13-24)36-16-19-6-2-1-5-18(19)14-29/h1-13,15H,16-17H2,(H-,30,31,33,34,35)/p+1. The van der Waals surface area contributed by atoms with Gasteiger partial charge in [0.15, 0.2) is 0 Å². The first-order valence-corrected chi connectivity index (χ1v) is 11.4. The summed E-state index contributed by atoms with van der Waals surface area (Å²) in [5.41, 5.74) is 2.09. The topological polar surface area (TPSA) is 125 Å². The maximum Gasteiger partial charge on any atom is 0.334 e. The van der Waals surface area contributed by atoms with Crippen molar-refractivity contribution in [3.8, 4) is 17.6 Å². The fraction of sp³-hybridized carbons (Fsp3) is 0.0741. The molecule has 0 saturated carbocycles. The molecule has 184 valence electrons. The zero-order valence-electron chi connectivity index (χ0n) is 19.3. The van der Waals surface area contributed by atoms with Crippen LogP contribution in [0.15, 0.2) is 85.1 Å². The fourth-order valence-electron chi connectivity index (χ4n) is 3.32. The summed E-state index contributed by atoms with van der Waals surface area (Å²) in [5.74, 6) is 0.374. The molecule has 0 saturated heterocycles. The molecule has 0 unspecified atom stereocenters. The number of rotatable bonds is 9. The molecule has 1 amide bonds. The van der Waals surface area contributed by atoms with Crippen molar-refractivity contribution < 1.29 is 24.4 Å². The monoisotopic (exact) mass is 515 g/mol. The highest BCUT2D eigenvalue weighted by molar-refractivity contribution is 6.31. The lowest BCUT2D eigenvalue weighted by atomic mass is 10.1. The minimum Gasteiger partial charge on any atom is -0.489 e. The molecule has 0 aliphatic rings. The molecule has 0 radical (unpaired) electrons. The lowest BCUT2D eigenvalue weighted by Gasteiger charge is -2.13. The van der Waals surface area contributed by atoms with E-state index in [4.69, 9.17) is 26.3 Å². The van der Waals surface area contributed by atoms with Crippen LogP contribution in [0.1, 0.15) is 27.0 Å². The number of hydrogen-bond acceptors (Lipinski definition) is 6.